The standard InChI is InChI=1S/C27H31N3O5/c1-4-27(2,3)17-11-12-22-20(14-17)24(19-9-5-6-10-21(19)29-22)25(32)35-16-23(31)30-26(33)28-15-18-8-7-13-34-18/h5-10,13,17H,4,11-12,14-16H2,1-3H3,(H2,28,30,31,33)/t17-/m1/s1. The van der Waals surface area contributed by atoms with Crippen LogP contribution in [0.5, 0.6) is 0 Å². The molecular formula is C27H31N3O5. The van der Waals surface area contributed by atoms with Gasteiger partial charge in [0.15, 0.2) is 6.61 Å². The Balaban J connectivity index is 1.48. The molecule has 0 saturated heterocycles. The first-order valence-corrected chi connectivity index (χ1v) is 12.0. The zero-order valence-corrected chi connectivity index (χ0v) is 20.3. The average molecular weight is 478 g/mol. The second-order valence-corrected chi connectivity index (χ2v) is 9.60. The number of esters is 1. The van der Waals surface area contributed by atoms with Crippen LogP contribution >= 0.6 is 0 Å². The summed E-state index contributed by atoms with van der Waals surface area (Å²) in [5.41, 5.74) is 3.15. The number of aromatic nitrogens is 1. The molecule has 35 heavy (non-hydrogen) atoms. The van der Waals surface area contributed by atoms with Crippen molar-refractivity contribution >= 4 is 28.8 Å². The van der Waals surface area contributed by atoms with Crippen molar-refractivity contribution < 1.29 is 23.5 Å². The molecule has 0 radical (unpaired) electrons. The number of hydrogen-bond acceptors (Lipinski definition) is 6. The number of rotatable bonds is 7. The molecule has 0 fully saturated rings. The molecule has 1 aliphatic rings. The molecule has 2 heterocycles. The second-order valence-electron chi connectivity index (χ2n) is 9.60. The van der Waals surface area contributed by atoms with Crippen LogP contribution in [-0.2, 0) is 28.9 Å². The van der Waals surface area contributed by atoms with Crippen LogP contribution in [0.2, 0.25) is 0 Å². The Bertz CT molecular complexity index is 1230. The van der Waals surface area contributed by atoms with Crippen LogP contribution in [0.15, 0.2) is 47.1 Å². The summed E-state index contributed by atoms with van der Waals surface area (Å²) in [7, 11) is 0. The van der Waals surface area contributed by atoms with E-state index in [-0.39, 0.29) is 12.0 Å². The molecule has 0 unspecified atom stereocenters. The van der Waals surface area contributed by atoms with Gasteiger partial charge in [0.05, 0.1) is 23.9 Å². The first-order chi connectivity index (χ1) is 16.8. The molecule has 1 atom stereocenters. The van der Waals surface area contributed by atoms with Gasteiger partial charge in [-0.25, -0.2) is 9.59 Å². The highest BCUT2D eigenvalue weighted by atomic mass is 16.5. The predicted molar refractivity (Wildman–Crippen MR) is 131 cm³/mol. The molecule has 0 spiro atoms. The van der Waals surface area contributed by atoms with Gasteiger partial charge in [-0.2, -0.15) is 0 Å². The largest absolute Gasteiger partial charge is 0.467 e. The molecule has 184 valence electrons. The van der Waals surface area contributed by atoms with E-state index in [1.54, 1.807) is 12.1 Å². The van der Waals surface area contributed by atoms with Gasteiger partial charge in [0.1, 0.15) is 5.76 Å². The number of aryl methyl sites for hydroxylation is 1. The van der Waals surface area contributed by atoms with E-state index in [1.165, 1.54) is 6.26 Å². The van der Waals surface area contributed by atoms with Crippen molar-refractivity contribution in [1.29, 1.82) is 0 Å². The highest BCUT2D eigenvalue weighted by molar-refractivity contribution is 6.06. The SMILES string of the molecule is CCC(C)(C)[C@@H]1CCc2nc3ccccc3c(C(=O)OCC(=O)NC(=O)NCc3ccco3)c2C1. The Morgan fingerprint density at radius 1 is 1.17 bits per heavy atom. The highest BCUT2D eigenvalue weighted by Crippen LogP contribution is 2.41. The molecule has 1 aliphatic carbocycles. The third kappa shape index (κ3) is 5.53. The van der Waals surface area contributed by atoms with Crippen LogP contribution in [-0.4, -0.2) is 29.5 Å². The molecule has 4 rings (SSSR count). The highest BCUT2D eigenvalue weighted by Gasteiger charge is 2.34. The van der Waals surface area contributed by atoms with Crippen molar-refractivity contribution in [2.45, 2.75) is 53.0 Å². The quantitative estimate of drug-likeness (QED) is 0.483. The Morgan fingerprint density at radius 3 is 2.71 bits per heavy atom. The van der Waals surface area contributed by atoms with Crippen molar-refractivity contribution in [3.05, 3.63) is 65.2 Å². The van der Waals surface area contributed by atoms with Gasteiger partial charge < -0.3 is 14.5 Å². The number of carbonyl (C=O) groups excluding carboxylic acids is 3. The maximum atomic E-state index is 13.3. The summed E-state index contributed by atoms with van der Waals surface area (Å²) in [6, 6.07) is 10.2. The number of nitrogens with zero attached hydrogens (tertiary/aromatic N) is 1. The number of hydrogen-bond donors (Lipinski definition) is 2. The summed E-state index contributed by atoms with van der Waals surface area (Å²) in [4.78, 5) is 42.3. The lowest BCUT2D eigenvalue weighted by Gasteiger charge is -2.37. The maximum absolute atomic E-state index is 13.3. The van der Waals surface area contributed by atoms with Crippen molar-refractivity contribution in [1.82, 2.24) is 15.6 Å². The van der Waals surface area contributed by atoms with Crippen molar-refractivity contribution in [2.75, 3.05) is 6.61 Å². The normalized spacial score (nSPS) is 15.3. The predicted octanol–water partition coefficient (Wildman–Crippen LogP) is 4.55. The number of ether oxygens (including phenoxy) is 1. The number of imide groups is 1. The molecule has 3 amide bonds. The number of pyridine rings is 1. The minimum absolute atomic E-state index is 0.132. The summed E-state index contributed by atoms with van der Waals surface area (Å²) in [5, 5.41) is 5.39. The molecule has 2 N–H and O–H groups in total. The Hall–Kier alpha value is -3.68. The summed E-state index contributed by atoms with van der Waals surface area (Å²) < 4.78 is 10.5. The fourth-order valence-corrected chi connectivity index (χ4v) is 4.57. The number of para-hydroxylation sites is 1. The van der Waals surface area contributed by atoms with E-state index >= 15 is 0 Å². The number of benzene rings is 1. The molecular weight excluding hydrogens is 446 g/mol. The van der Waals surface area contributed by atoms with Crippen molar-refractivity contribution in [3.63, 3.8) is 0 Å². The zero-order chi connectivity index (χ0) is 25.0. The van der Waals surface area contributed by atoms with Crippen LogP contribution in [0.4, 0.5) is 4.79 Å². The van der Waals surface area contributed by atoms with E-state index in [2.05, 4.69) is 31.4 Å². The summed E-state index contributed by atoms with van der Waals surface area (Å²) >= 11 is 0. The van der Waals surface area contributed by atoms with Gasteiger partial charge in [0.25, 0.3) is 5.91 Å². The molecule has 3 aromatic rings. The molecule has 8 nitrogen and oxygen atoms in total. The number of amides is 3. The first kappa shape index (κ1) is 24.4. The van der Waals surface area contributed by atoms with Gasteiger partial charge in [-0.05, 0) is 54.4 Å². The van der Waals surface area contributed by atoms with E-state index < -0.39 is 24.5 Å². The third-order valence-corrected chi connectivity index (χ3v) is 7.07. The Labute approximate surface area is 204 Å². The summed E-state index contributed by atoms with van der Waals surface area (Å²) in [6.45, 7) is 6.28. The van der Waals surface area contributed by atoms with Gasteiger partial charge in [-0.15, -0.1) is 0 Å². The Kier molecular flexibility index (Phi) is 7.19. The molecule has 0 aliphatic heterocycles. The van der Waals surface area contributed by atoms with Gasteiger partial charge in [0.2, 0.25) is 0 Å². The minimum atomic E-state index is -0.715. The van der Waals surface area contributed by atoms with Gasteiger partial charge in [0, 0.05) is 11.1 Å². The fourth-order valence-electron chi connectivity index (χ4n) is 4.57. The number of furan rings is 1. The second kappa shape index (κ2) is 10.3. The molecule has 0 bridgehead atoms. The fraction of sp³-hybridized carbons (Fsp3) is 0.407. The zero-order valence-electron chi connectivity index (χ0n) is 20.3. The van der Waals surface area contributed by atoms with E-state index in [0.717, 1.165) is 42.5 Å². The number of urea groups is 1. The van der Waals surface area contributed by atoms with Gasteiger partial charge >= 0.3 is 12.0 Å². The molecule has 2 aromatic heterocycles. The molecule has 1 aromatic carbocycles. The minimum Gasteiger partial charge on any atom is -0.467 e. The monoisotopic (exact) mass is 477 g/mol. The molecule has 0 saturated carbocycles. The van der Waals surface area contributed by atoms with Crippen molar-refractivity contribution in [3.8, 4) is 0 Å². The maximum Gasteiger partial charge on any atom is 0.339 e. The van der Waals surface area contributed by atoms with Crippen LogP contribution in [0.3, 0.4) is 0 Å². The number of fused-ring (bicyclic) bond motifs is 2. The lowest BCUT2D eigenvalue weighted by molar-refractivity contribution is -0.123. The molecule has 8 heteroatoms. The third-order valence-electron chi connectivity index (χ3n) is 7.07. The summed E-state index contributed by atoms with van der Waals surface area (Å²) in [5.74, 6) is -0.331. The van der Waals surface area contributed by atoms with Gasteiger partial charge in [-0.3, -0.25) is 15.1 Å². The smallest absolute Gasteiger partial charge is 0.339 e. The van der Waals surface area contributed by atoms with E-state index in [1.807, 2.05) is 24.3 Å². The van der Waals surface area contributed by atoms with Crippen LogP contribution in [0.25, 0.3) is 10.9 Å². The van der Waals surface area contributed by atoms with Gasteiger partial charge in [-0.1, -0.05) is 45.4 Å². The first-order valence-electron chi connectivity index (χ1n) is 12.0. The van der Waals surface area contributed by atoms with E-state index in [9.17, 15) is 14.4 Å². The lowest BCUT2D eigenvalue weighted by atomic mass is 9.68. The van der Waals surface area contributed by atoms with Crippen LogP contribution in [0, 0.1) is 11.3 Å². The lowest BCUT2D eigenvalue weighted by Crippen LogP contribution is -2.41. The van der Waals surface area contributed by atoms with Crippen LogP contribution in [0.1, 0.15) is 61.0 Å². The van der Waals surface area contributed by atoms with Crippen LogP contribution < -0.4 is 10.6 Å². The van der Waals surface area contributed by atoms with E-state index in [0.29, 0.717) is 22.6 Å². The summed E-state index contributed by atoms with van der Waals surface area (Å²) in [6.07, 6.45) is 5.08. The number of nitrogens with one attached hydrogen (secondary N) is 2. The van der Waals surface area contributed by atoms with Crippen molar-refractivity contribution in [2.24, 2.45) is 11.3 Å². The number of carbonyl (C=O) groups is 3. The Morgan fingerprint density at radius 2 is 1.97 bits per heavy atom. The van der Waals surface area contributed by atoms with E-state index in [4.69, 9.17) is 14.1 Å². The topological polar surface area (TPSA) is 111 Å². The average Bonchev–Trinajstić information content (AvgIpc) is 3.38.